The summed E-state index contributed by atoms with van der Waals surface area (Å²) in [5.41, 5.74) is 0.668. The molecule has 0 spiro atoms. The zero-order valence-electron chi connectivity index (χ0n) is 16.4. The minimum Gasteiger partial charge on any atom is -0.376 e. The molecule has 8 heteroatoms. The van der Waals surface area contributed by atoms with Crippen LogP contribution >= 0.6 is 0 Å². The fourth-order valence-electron chi connectivity index (χ4n) is 3.21. The second-order valence-electron chi connectivity index (χ2n) is 6.88. The van der Waals surface area contributed by atoms with Gasteiger partial charge in [0.1, 0.15) is 5.56 Å². The van der Waals surface area contributed by atoms with E-state index in [1.54, 1.807) is 0 Å². The van der Waals surface area contributed by atoms with Crippen LogP contribution in [0.15, 0.2) is 47.4 Å². The number of ether oxygens (including phenoxy) is 1. The van der Waals surface area contributed by atoms with E-state index < -0.39 is 11.5 Å². The highest BCUT2D eigenvalue weighted by Gasteiger charge is 2.18. The number of hydrogen-bond acceptors (Lipinski definition) is 5. The first kappa shape index (κ1) is 20.8. The van der Waals surface area contributed by atoms with Crippen molar-refractivity contribution in [1.82, 2.24) is 20.5 Å². The van der Waals surface area contributed by atoms with Crippen LogP contribution in [-0.2, 0) is 11.3 Å². The summed E-state index contributed by atoms with van der Waals surface area (Å²) in [7, 11) is 1.45. The molecule has 29 heavy (non-hydrogen) atoms. The van der Waals surface area contributed by atoms with E-state index in [2.05, 4.69) is 16.0 Å². The Bertz CT molecular complexity index is 905. The lowest BCUT2D eigenvalue weighted by Gasteiger charge is -2.23. The molecule has 2 heterocycles. The summed E-state index contributed by atoms with van der Waals surface area (Å²) < 4.78 is 7.01. The Hall–Kier alpha value is -2.97. The van der Waals surface area contributed by atoms with Gasteiger partial charge in [0.2, 0.25) is 0 Å². The van der Waals surface area contributed by atoms with Crippen molar-refractivity contribution in [2.24, 2.45) is 0 Å². The SMILES string of the molecule is CNC(=O)c1cc(C(=O)NCCC2CNCCO2)cn(Cc2ccccc2)c1=O. The second kappa shape index (κ2) is 9.99. The van der Waals surface area contributed by atoms with Gasteiger partial charge in [0, 0.05) is 32.9 Å². The second-order valence-corrected chi connectivity index (χ2v) is 6.88. The van der Waals surface area contributed by atoms with Crippen LogP contribution in [0.1, 0.15) is 32.7 Å². The van der Waals surface area contributed by atoms with Gasteiger partial charge < -0.3 is 25.3 Å². The van der Waals surface area contributed by atoms with E-state index in [0.717, 1.165) is 18.7 Å². The summed E-state index contributed by atoms with van der Waals surface area (Å²) in [5.74, 6) is -0.853. The number of carbonyl (C=O) groups excluding carboxylic acids is 2. The predicted molar refractivity (Wildman–Crippen MR) is 109 cm³/mol. The van der Waals surface area contributed by atoms with Crippen LogP contribution in [0.3, 0.4) is 0 Å². The molecule has 1 aromatic heterocycles. The van der Waals surface area contributed by atoms with Gasteiger partial charge in [-0.25, -0.2) is 0 Å². The number of nitrogens with one attached hydrogen (secondary N) is 3. The van der Waals surface area contributed by atoms with Gasteiger partial charge in [-0.05, 0) is 18.1 Å². The molecule has 0 radical (unpaired) electrons. The fourth-order valence-corrected chi connectivity index (χ4v) is 3.21. The molecule has 3 rings (SSSR count). The molecule has 8 nitrogen and oxygen atoms in total. The van der Waals surface area contributed by atoms with Crippen LogP contribution in [-0.4, -0.2) is 55.8 Å². The molecule has 1 aliphatic heterocycles. The van der Waals surface area contributed by atoms with Gasteiger partial charge in [0.15, 0.2) is 0 Å². The fraction of sp³-hybridized carbons (Fsp3) is 0.381. The normalized spacial score (nSPS) is 16.2. The third-order valence-electron chi connectivity index (χ3n) is 4.77. The van der Waals surface area contributed by atoms with Crippen molar-refractivity contribution < 1.29 is 14.3 Å². The first-order chi connectivity index (χ1) is 14.1. The van der Waals surface area contributed by atoms with Gasteiger partial charge in [0.25, 0.3) is 17.4 Å². The Kier molecular flexibility index (Phi) is 7.15. The Morgan fingerprint density at radius 2 is 2.03 bits per heavy atom. The molecule has 154 valence electrons. The van der Waals surface area contributed by atoms with Crippen LogP contribution in [0.4, 0.5) is 0 Å². The average Bonchev–Trinajstić information content (AvgIpc) is 2.76. The van der Waals surface area contributed by atoms with Crippen molar-refractivity contribution in [1.29, 1.82) is 0 Å². The molecule has 1 aromatic carbocycles. The molecule has 1 aliphatic rings. The standard InChI is InChI=1S/C21H26N4O4/c1-22-20(27)18-11-16(19(26)24-8-7-17-12-23-9-10-29-17)14-25(21(18)28)13-15-5-3-2-4-6-15/h2-6,11,14,17,23H,7-10,12-13H2,1H3,(H,22,27)(H,24,26). The first-order valence-electron chi connectivity index (χ1n) is 9.69. The largest absolute Gasteiger partial charge is 0.376 e. The van der Waals surface area contributed by atoms with Crippen LogP contribution < -0.4 is 21.5 Å². The first-order valence-corrected chi connectivity index (χ1v) is 9.69. The maximum Gasteiger partial charge on any atom is 0.263 e. The molecule has 0 saturated carbocycles. The third kappa shape index (κ3) is 5.52. The summed E-state index contributed by atoms with van der Waals surface area (Å²) >= 11 is 0. The predicted octanol–water partition coefficient (Wildman–Crippen LogP) is 0.365. The number of hydrogen-bond donors (Lipinski definition) is 3. The Labute approximate surface area is 169 Å². The van der Waals surface area contributed by atoms with Crippen LogP contribution in [0.5, 0.6) is 0 Å². The van der Waals surface area contributed by atoms with E-state index in [4.69, 9.17) is 4.74 Å². The van der Waals surface area contributed by atoms with Crippen molar-refractivity contribution >= 4 is 11.8 Å². The van der Waals surface area contributed by atoms with Gasteiger partial charge in [0.05, 0.1) is 24.8 Å². The number of nitrogens with zero attached hydrogens (tertiary/aromatic N) is 1. The highest BCUT2D eigenvalue weighted by molar-refractivity contribution is 5.99. The monoisotopic (exact) mass is 398 g/mol. The van der Waals surface area contributed by atoms with E-state index in [0.29, 0.717) is 19.6 Å². The highest BCUT2D eigenvalue weighted by atomic mass is 16.5. The van der Waals surface area contributed by atoms with Gasteiger partial charge >= 0.3 is 0 Å². The molecule has 1 atom stereocenters. The maximum absolute atomic E-state index is 12.7. The third-order valence-corrected chi connectivity index (χ3v) is 4.77. The van der Waals surface area contributed by atoms with Crippen molar-refractivity contribution in [3.05, 3.63) is 69.6 Å². The summed E-state index contributed by atoms with van der Waals surface area (Å²) in [6.45, 7) is 2.98. The summed E-state index contributed by atoms with van der Waals surface area (Å²) in [5, 5.41) is 8.55. The van der Waals surface area contributed by atoms with Crippen molar-refractivity contribution in [2.45, 2.75) is 19.1 Å². The molecule has 1 saturated heterocycles. The van der Waals surface area contributed by atoms with Crippen LogP contribution in [0, 0.1) is 0 Å². The number of amides is 2. The Balaban J connectivity index is 1.77. The van der Waals surface area contributed by atoms with Crippen LogP contribution in [0.2, 0.25) is 0 Å². The molecule has 0 bridgehead atoms. The van der Waals surface area contributed by atoms with E-state index in [1.165, 1.54) is 23.9 Å². The highest BCUT2D eigenvalue weighted by Crippen LogP contribution is 2.06. The number of carbonyl (C=O) groups is 2. The number of aromatic nitrogens is 1. The lowest BCUT2D eigenvalue weighted by molar-refractivity contribution is 0.0239. The lowest BCUT2D eigenvalue weighted by atomic mass is 10.1. The topological polar surface area (TPSA) is 101 Å². The molecule has 2 aromatic rings. The minimum atomic E-state index is -0.520. The number of benzene rings is 1. The van der Waals surface area contributed by atoms with Gasteiger partial charge in [-0.3, -0.25) is 14.4 Å². The quantitative estimate of drug-likeness (QED) is 0.625. The van der Waals surface area contributed by atoms with E-state index in [-0.39, 0.29) is 29.7 Å². The molecular weight excluding hydrogens is 372 g/mol. The van der Waals surface area contributed by atoms with Gasteiger partial charge in [-0.15, -0.1) is 0 Å². The van der Waals surface area contributed by atoms with Crippen molar-refractivity contribution in [3.8, 4) is 0 Å². The van der Waals surface area contributed by atoms with Crippen molar-refractivity contribution in [3.63, 3.8) is 0 Å². The van der Waals surface area contributed by atoms with E-state index in [9.17, 15) is 14.4 Å². The molecule has 2 amide bonds. The molecule has 1 fully saturated rings. The molecule has 1 unspecified atom stereocenters. The molecular formula is C21H26N4O4. The lowest BCUT2D eigenvalue weighted by Crippen LogP contribution is -2.40. The smallest absolute Gasteiger partial charge is 0.263 e. The molecule has 0 aliphatic carbocycles. The van der Waals surface area contributed by atoms with E-state index >= 15 is 0 Å². The minimum absolute atomic E-state index is 0.0594. The maximum atomic E-state index is 12.7. The molecule has 3 N–H and O–H groups in total. The summed E-state index contributed by atoms with van der Waals surface area (Å²) in [6.07, 6.45) is 2.25. The average molecular weight is 398 g/mol. The number of morpholine rings is 1. The Morgan fingerprint density at radius 3 is 2.72 bits per heavy atom. The number of rotatable bonds is 7. The van der Waals surface area contributed by atoms with Crippen LogP contribution in [0.25, 0.3) is 0 Å². The van der Waals surface area contributed by atoms with E-state index in [1.807, 2.05) is 30.3 Å². The zero-order chi connectivity index (χ0) is 20.6. The number of pyridine rings is 1. The summed E-state index contributed by atoms with van der Waals surface area (Å²) in [6, 6.07) is 10.7. The van der Waals surface area contributed by atoms with Gasteiger partial charge in [-0.2, -0.15) is 0 Å². The zero-order valence-corrected chi connectivity index (χ0v) is 16.4. The van der Waals surface area contributed by atoms with Gasteiger partial charge in [-0.1, -0.05) is 30.3 Å². The van der Waals surface area contributed by atoms with Crippen molar-refractivity contribution in [2.75, 3.05) is 33.3 Å². The summed E-state index contributed by atoms with van der Waals surface area (Å²) in [4.78, 5) is 37.5. The Morgan fingerprint density at radius 1 is 1.24 bits per heavy atom.